The molecule has 3 N–H and O–H groups in total. The van der Waals surface area contributed by atoms with Crippen LogP contribution in [0.4, 0.5) is 10.5 Å². The molecule has 1 aromatic heterocycles. The fraction of sp³-hybridized carbons (Fsp3) is 0.389. The number of anilines is 1. The zero-order valence-electron chi connectivity index (χ0n) is 14.0. The summed E-state index contributed by atoms with van der Waals surface area (Å²) < 4.78 is 10.7. The van der Waals surface area contributed by atoms with Gasteiger partial charge in [0.1, 0.15) is 17.6 Å². The number of urea groups is 1. The molecule has 0 saturated heterocycles. The first-order valence-electron chi connectivity index (χ1n) is 8.10. The molecule has 0 aliphatic rings. The van der Waals surface area contributed by atoms with E-state index >= 15 is 0 Å². The second-order valence-electron chi connectivity index (χ2n) is 5.54. The Balaban J connectivity index is 1.82. The Bertz CT molecular complexity index is 640. The second-order valence-corrected chi connectivity index (χ2v) is 5.54. The molecule has 0 bridgehead atoms. The van der Waals surface area contributed by atoms with E-state index in [9.17, 15) is 9.90 Å². The zero-order chi connectivity index (χ0) is 17.4. The van der Waals surface area contributed by atoms with Crippen molar-refractivity contribution < 1.29 is 19.1 Å². The van der Waals surface area contributed by atoms with Crippen LogP contribution in [0.25, 0.3) is 0 Å². The van der Waals surface area contributed by atoms with Crippen LogP contribution >= 0.6 is 0 Å². The van der Waals surface area contributed by atoms with Crippen molar-refractivity contribution in [2.45, 2.75) is 32.8 Å². The van der Waals surface area contributed by atoms with Gasteiger partial charge in [-0.05, 0) is 49.2 Å². The standard InChI is InChI=1S/C18H24N2O4/c1-3-4-9-23-14-7-8-15(13(2)11-14)20-18(22)19-12-16(21)17-6-5-10-24-17/h5-8,10-11,16,21H,3-4,9,12H2,1-2H3,(H2,19,20,22). The molecular formula is C18H24N2O4. The van der Waals surface area contributed by atoms with Gasteiger partial charge in [0.05, 0.1) is 19.4 Å². The number of amides is 2. The van der Waals surface area contributed by atoms with Crippen LogP contribution in [0.2, 0.25) is 0 Å². The molecule has 1 atom stereocenters. The van der Waals surface area contributed by atoms with Gasteiger partial charge in [-0.25, -0.2) is 4.79 Å². The number of unbranched alkanes of at least 4 members (excludes halogenated alkanes) is 1. The summed E-state index contributed by atoms with van der Waals surface area (Å²) in [6.45, 7) is 4.77. The Morgan fingerprint density at radius 3 is 2.88 bits per heavy atom. The highest BCUT2D eigenvalue weighted by molar-refractivity contribution is 5.90. The van der Waals surface area contributed by atoms with Crippen LogP contribution in [0.3, 0.4) is 0 Å². The van der Waals surface area contributed by atoms with Crippen molar-refractivity contribution in [3.8, 4) is 5.75 Å². The van der Waals surface area contributed by atoms with E-state index in [1.807, 2.05) is 19.1 Å². The van der Waals surface area contributed by atoms with E-state index in [-0.39, 0.29) is 12.6 Å². The molecule has 2 aromatic rings. The number of benzene rings is 1. The number of furan rings is 1. The third kappa shape index (κ3) is 5.31. The van der Waals surface area contributed by atoms with E-state index in [0.717, 1.165) is 24.2 Å². The van der Waals surface area contributed by atoms with Gasteiger partial charge >= 0.3 is 6.03 Å². The number of aliphatic hydroxyl groups is 1. The van der Waals surface area contributed by atoms with Crippen molar-refractivity contribution in [2.24, 2.45) is 0 Å². The van der Waals surface area contributed by atoms with E-state index < -0.39 is 6.10 Å². The lowest BCUT2D eigenvalue weighted by Gasteiger charge is -2.13. The van der Waals surface area contributed by atoms with E-state index in [2.05, 4.69) is 17.6 Å². The van der Waals surface area contributed by atoms with Crippen LogP contribution in [0.5, 0.6) is 5.75 Å². The van der Waals surface area contributed by atoms with Gasteiger partial charge in [0.15, 0.2) is 0 Å². The van der Waals surface area contributed by atoms with Gasteiger partial charge in [0.25, 0.3) is 0 Å². The Morgan fingerprint density at radius 2 is 2.21 bits per heavy atom. The minimum absolute atomic E-state index is 0.0661. The molecule has 0 aliphatic heterocycles. The Hall–Kier alpha value is -2.47. The summed E-state index contributed by atoms with van der Waals surface area (Å²) in [5, 5.41) is 15.2. The third-order valence-electron chi connectivity index (χ3n) is 3.54. The maximum Gasteiger partial charge on any atom is 0.319 e. The summed E-state index contributed by atoms with van der Waals surface area (Å²) in [5.74, 6) is 1.21. The normalized spacial score (nSPS) is 11.8. The molecule has 0 aliphatic carbocycles. The summed E-state index contributed by atoms with van der Waals surface area (Å²) >= 11 is 0. The first-order valence-corrected chi connectivity index (χ1v) is 8.10. The zero-order valence-corrected chi connectivity index (χ0v) is 14.0. The summed E-state index contributed by atoms with van der Waals surface area (Å²) in [4.78, 5) is 11.9. The van der Waals surface area contributed by atoms with Gasteiger partial charge in [-0.15, -0.1) is 0 Å². The number of rotatable bonds is 8. The highest BCUT2D eigenvalue weighted by Gasteiger charge is 2.12. The fourth-order valence-electron chi connectivity index (χ4n) is 2.14. The van der Waals surface area contributed by atoms with Crippen molar-refractivity contribution in [2.75, 3.05) is 18.5 Å². The smallest absolute Gasteiger partial charge is 0.319 e. The average molecular weight is 332 g/mol. The number of hydrogen-bond donors (Lipinski definition) is 3. The largest absolute Gasteiger partial charge is 0.494 e. The SMILES string of the molecule is CCCCOc1ccc(NC(=O)NCC(O)c2ccco2)c(C)c1. The minimum atomic E-state index is -0.874. The first-order chi connectivity index (χ1) is 11.6. The van der Waals surface area contributed by atoms with Gasteiger partial charge in [0.2, 0.25) is 0 Å². The summed E-state index contributed by atoms with van der Waals surface area (Å²) in [7, 11) is 0. The fourth-order valence-corrected chi connectivity index (χ4v) is 2.14. The van der Waals surface area contributed by atoms with Gasteiger partial charge in [-0.3, -0.25) is 0 Å². The Kier molecular flexibility index (Phi) is 6.69. The number of carbonyl (C=O) groups excluding carboxylic acids is 1. The predicted octanol–water partition coefficient (Wildman–Crippen LogP) is 3.62. The molecular weight excluding hydrogens is 308 g/mol. The lowest BCUT2D eigenvalue weighted by Crippen LogP contribution is -2.32. The topological polar surface area (TPSA) is 83.7 Å². The van der Waals surface area contributed by atoms with E-state index in [1.165, 1.54) is 6.26 Å². The monoisotopic (exact) mass is 332 g/mol. The van der Waals surface area contributed by atoms with Crippen molar-refractivity contribution >= 4 is 11.7 Å². The van der Waals surface area contributed by atoms with Crippen LogP contribution in [-0.4, -0.2) is 24.3 Å². The molecule has 1 unspecified atom stereocenters. The molecule has 6 heteroatoms. The molecule has 0 radical (unpaired) electrons. The van der Waals surface area contributed by atoms with Crippen molar-refractivity contribution in [3.05, 3.63) is 47.9 Å². The molecule has 1 heterocycles. The van der Waals surface area contributed by atoms with Crippen LogP contribution in [0, 0.1) is 6.92 Å². The molecule has 2 rings (SSSR count). The van der Waals surface area contributed by atoms with Crippen molar-refractivity contribution in [1.29, 1.82) is 0 Å². The number of carbonyl (C=O) groups is 1. The highest BCUT2D eigenvalue weighted by Crippen LogP contribution is 2.21. The predicted molar refractivity (Wildman–Crippen MR) is 92.3 cm³/mol. The van der Waals surface area contributed by atoms with Crippen LogP contribution in [-0.2, 0) is 0 Å². The first kappa shape index (κ1) is 17.9. The number of aliphatic hydroxyl groups excluding tert-OH is 1. The second kappa shape index (κ2) is 8.98. The molecule has 130 valence electrons. The van der Waals surface area contributed by atoms with Gasteiger partial charge in [0, 0.05) is 5.69 Å². The quantitative estimate of drug-likeness (QED) is 0.645. The lowest BCUT2D eigenvalue weighted by molar-refractivity contribution is 0.149. The molecule has 0 fully saturated rings. The molecule has 1 aromatic carbocycles. The summed E-state index contributed by atoms with van der Waals surface area (Å²) in [6.07, 6.45) is 2.70. The number of nitrogens with one attached hydrogen (secondary N) is 2. The van der Waals surface area contributed by atoms with E-state index in [1.54, 1.807) is 18.2 Å². The molecule has 0 saturated carbocycles. The molecule has 0 spiro atoms. The minimum Gasteiger partial charge on any atom is -0.494 e. The van der Waals surface area contributed by atoms with Crippen LogP contribution < -0.4 is 15.4 Å². The molecule has 6 nitrogen and oxygen atoms in total. The number of hydrogen-bond acceptors (Lipinski definition) is 4. The molecule has 2 amide bonds. The lowest BCUT2D eigenvalue weighted by atomic mass is 10.2. The molecule has 24 heavy (non-hydrogen) atoms. The van der Waals surface area contributed by atoms with Gasteiger partial charge in [-0.1, -0.05) is 13.3 Å². The van der Waals surface area contributed by atoms with Crippen molar-refractivity contribution in [1.82, 2.24) is 5.32 Å². The maximum atomic E-state index is 11.9. The number of aryl methyl sites for hydroxylation is 1. The van der Waals surface area contributed by atoms with E-state index in [0.29, 0.717) is 18.1 Å². The van der Waals surface area contributed by atoms with Crippen LogP contribution in [0.1, 0.15) is 37.2 Å². The highest BCUT2D eigenvalue weighted by atomic mass is 16.5. The number of ether oxygens (including phenoxy) is 1. The summed E-state index contributed by atoms with van der Waals surface area (Å²) in [5.41, 5.74) is 1.61. The summed E-state index contributed by atoms with van der Waals surface area (Å²) in [6, 6.07) is 8.49. The maximum absolute atomic E-state index is 11.9. The Morgan fingerprint density at radius 1 is 1.38 bits per heavy atom. The van der Waals surface area contributed by atoms with E-state index in [4.69, 9.17) is 9.15 Å². The van der Waals surface area contributed by atoms with Crippen LogP contribution in [0.15, 0.2) is 41.0 Å². The van der Waals surface area contributed by atoms with Gasteiger partial charge < -0.3 is 24.9 Å². The van der Waals surface area contributed by atoms with Gasteiger partial charge in [-0.2, -0.15) is 0 Å². The Labute approximate surface area is 141 Å². The van der Waals surface area contributed by atoms with Crippen molar-refractivity contribution in [3.63, 3.8) is 0 Å². The average Bonchev–Trinajstić information content (AvgIpc) is 3.10. The third-order valence-corrected chi connectivity index (χ3v) is 3.54.